The molecule has 1 atom stereocenters. The van der Waals surface area contributed by atoms with Crippen molar-refractivity contribution in [3.63, 3.8) is 0 Å². The lowest BCUT2D eigenvalue weighted by Crippen LogP contribution is -2.40. The largest absolute Gasteiger partial charge is 0.337 e. The number of aryl methyl sites for hydroxylation is 1. The van der Waals surface area contributed by atoms with Crippen LogP contribution in [0.2, 0.25) is 0 Å². The number of benzene rings is 1. The Labute approximate surface area is 150 Å². The number of carbonyl (C=O) groups excluding carboxylic acids is 1. The lowest BCUT2D eigenvalue weighted by Gasteiger charge is -2.32. The first-order chi connectivity index (χ1) is 12.6. The second-order valence-corrected chi connectivity index (χ2v) is 6.55. The molecule has 0 N–H and O–H groups in total. The van der Waals surface area contributed by atoms with Crippen molar-refractivity contribution in [2.24, 2.45) is 7.05 Å². The molecule has 0 aliphatic carbocycles. The molecule has 4 rings (SSSR count). The van der Waals surface area contributed by atoms with Crippen molar-refractivity contribution >= 4 is 16.7 Å². The van der Waals surface area contributed by atoms with Gasteiger partial charge in [0, 0.05) is 43.3 Å². The van der Waals surface area contributed by atoms with Gasteiger partial charge >= 0.3 is 0 Å². The van der Waals surface area contributed by atoms with Gasteiger partial charge in [-0.2, -0.15) is 5.10 Å². The highest BCUT2D eigenvalue weighted by molar-refractivity contribution is 6.04. The van der Waals surface area contributed by atoms with Gasteiger partial charge in [-0.15, -0.1) is 0 Å². The lowest BCUT2D eigenvalue weighted by atomic mass is 9.94. The summed E-state index contributed by atoms with van der Waals surface area (Å²) in [5.74, 6) is 0.0463. The van der Waals surface area contributed by atoms with Gasteiger partial charge in [0.1, 0.15) is 6.33 Å². The summed E-state index contributed by atoms with van der Waals surface area (Å²) < 4.78 is 1.24. The average molecular weight is 349 g/mol. The first-order valence-corrected chi connectivity index (χ1v) is 8.66. The summed E-state index contributed by atoms with van der Waals surface area (Å²) in [6, 6.07) is 9.03. The molecule has 7 heteroatoms. The van der Waals surface area contributed by atoms with Gasteiger partial charge in [0.25, 0.3) is 11.5 Å². The van der Waals surface area contributed by atoms with E-state index in [1.807, 2.05) is 17.0 Å². The second-order valence-electron chi connectivity index (χ2n) is 6.55. The molecule has 2 aromatic heterocycles. The van der Waals surface area contributed by atoms with Gasteiger partial charge in [-0.1, -0.05) is 18.2 Å². The Morgan fingerprint density at radius 2 is 2.00 bits per heavy atom. The van der Waals surface area contributed by atoms with E-state index in [0.717, 1.165) is 18.5 Å². The Morgan fingerprint density at radius 1 is 1.19 bits per heavy atom. The van der Waals surface area contributed by atoms with Gasteiger partial charge < -0.3 is 4.90 Å². The van der Waals surface area contributed by atoms with Crippen LogP contribution in [0.4, 0.5) is 0 Å². The van der Waals surface area contributed by atoms with E-state index in [-0.39, 0.29) is 17.4 Å². The number of likely N-dealkylation sites (tertiary alicyclic amines) is 1. The Hall–Kier alpha value is -3.09. The number of amides is 1. The number of fused-ring (bicyclic) bond motifs is 1. The van der Waals surface area contributed by atoms with Gasteiger partial charge in [-0.05, 0) is 25.0 Å². The molecule has 1 aromatic carbocycles. The fraction of sp³-hybridized carbons (Fsp3) is 0.316. The zero-order valence-electron chi connectivity index (χ0n) is 14.5. The van der Waals surface area contributed by atoms with Crippen molar-refractivity contribution in [2.45, 2.75) is 18.8 Å². The van der Waals surface area contributed by atoms with Crippen molar-refractivity contribution in [1.82, 2.24) is 24.6 Å². The lowest BCUT2D eigenvalue weighted by molar-refractivity contribution is 0.0699. The zero-order chi connectivity index (χ0) is 18.1. The van der Waals surface area contributed by atoms with Gasteiger partial charge in [0.15, 0.2) is 5.69 Å². The van der Waals surface area contributed by atoms with Crippen molar-refractivity contribution in [3.8, 4) is 0 Å². The van der Waals surface area contributed by atoms with Crippen LogP contribution in [0.1, 0.15) is 34.9 Å². The standard InChI is InChI=1S/C19H19N5O2/c1-23-18(25)15-7-3-2-6-14(15)17(22-23)19(26)24-10-4-5-13(11-24)16-8-9-20-12-21-16/h2-3,6-9,12-13H,4-5,10-11H2,1H3. The average Bonchev–Trinajstić information content (AvgIpc) is 2.71. The van der Waals surface area contributed by atoms with Crippen LogP contribution >= 0.6 is 0 Å². The predicted octanol–water partition coefficient (Wildman–Crippen LogP) is 1.74. The molecule has 3 heterocycles. The van der Waals surface area contributed by atoms with Crippen LogP contribution in [0.25, 0.3) is 10.8 Å². The predicted molar refractivity (Wildman–Crippen MR) is 96.9 cm³/mol. The van der Waals surface area contributed by atoms with Gasteiger partial charge in [0.2, 0.25) is 0 Å². The summed E-state index contributed by atoms with van der Waals surface area (Å²) in [7, 11) is 1.57. The van der Waals surface area contributed by atoms with Crippen LogP contribution < -0.4 is 5.56 Å². The molecule has 0 bridgehead atoms. The maximum absolute atomic E-state index is 13.2. The first-order valence-electron chi connectivity index (χ1n) is 8.66. The van der Waals surface area contributed by atoms with Crippen LogP contribution in [0.5, 0.6) is 0 Å². The van der Waals surface area contributed by atoms with E-state index in [1.54, 1.807) is 31.4 Å². The molecule has 1 unspecified atom stereocenters. The summed E-state index contributed by atoms with van der Waals surface area (Å²) in [6.07, 6.45) is 5.16. The Balaban J connectivity index is 1.69. The molecule has 0 saturated carbocycles. The number of aromatic nitrogens is 4. The Kier molecular flexibility index (Phi) is 4.20. The number of rotatable bonds is 2. The number of nitrogens with zero attached hydrogens (tertiary/aromatic N) is 5. The quantitative estimate of drug-likeness (QED) is 0.704. The normalized spacial score (nSPS) is 17.4. The smallest absolute Gasteiger partial charge is 0.274 e. The number of hydrogen-bond donors (Lipinski definition) is 0. The Morgan fingerprint density at radius 3 is 2.77 bits per heavy atom. The molecule has 1 aliphatic heterocycles. The monoisotopic (exact) mass is 349 g/mol. The zero-order valence-corrected chi connectivity index (χ0v) is 14.5. The highest BCUT2D eigenvalue weighted by Crippen LogP contribution is 2.26. The van der Waals surface area contributed by atoms with E-state index in [4.69, 9.17) is 0 Å². The minimum absolute atomic E-state index is 0.143. The SMILES string of the molecule is Cn1nc(C(=O)N2CCCC(c3ccncn3)C2)c2ccccc2c1=O. The van der Waals surface area contributed by atoms with Crippen LogP contribution in [0, 0.1) is 0 Å². The molecule has 1 amide bonds. The molecular formula is C19H19N5O2. The second kappa shape index (κ2) is 6.67. The van der Waals surface area contributed by atoms with Gasteiger partial charge in [-0.3, -0.25) is 9.59 Å². The Bertz CT molecular complexity index is 1020. The number of piperidine rings is 1. The highest BCUT2D eigenvalue weighted by Gasteiger charge is 2.28. The van der Waals surface area contributed by atoms with E-state index >= 15 is 0 Å². The third-order valence-electron chi connectivity index (χ3n) is 4.89. The van der Waals surface area contributed by atoms with Gasteiger partial charge in [-0.25, -0.2) is 14.6 Å². The molecule has 132 valence electrons. The van der Waals surface area contributed by atoms with Gasteiger partial charge in [0.05, 0.1) is 5.39 Å². The van der Waals surface area contributed by atoms with E-state index in [9.17, 15) is 9.59 Å². The highest BCUT2D eigenvalue weighted by atomic mass is 16.2. The molecule has 1 saturated heterocycles. The minimum Gasteiger partial charge on any atom is -0.337 e. The fourth-order valence-electron chi connectivity index (χ4n) is 3.55. The van der Waals surface area contributed by atoms with E-state index in [0.29, 0.717) is 29.6 Å². The van der Waals surface area contributed by atoms with Crippen LogP contribution in [0.15, 0.2) is 47.7 Å². The molecule has 3 aromatic rings. The minimum atomic E-state index is -0.199. The molecule has 7 nitrogen and oxygen atoms in total. The molecule has 1 fully saturated rings. The van der Waals surface area contributed by atoms with Crippen molar-refractivity contribution in [3.05, 3.63) is 64.6 Å². The summed E-state index contributed by atoms with van der Waals surface area (Å²) in [6.45, 7) is 1.27. The third kappa shape index (κ3) is 2.85. The van der Waals surface area contributed by atoms with Crippen LogP contribution in [-0.2, 0) is 7.05 Å². The maximum atomic E-state index is 13.2. The van der Waals surface area contributed by atoms with Crippen molar-refractivity contribution in [2.75, 3.05) is 13.1 Å². The molecular weight excluding hydrogens is 330 g/mol. The van der Waals surface area contributed by atoms with Crippen LogP contribution in [-0.4, -0.2) is 43.6 Å². The van der Waals surface area contributed by atoms with E-state index in [1.165, 1.54) is 11.0 Å². The summed E-state index contributed by atoms with van der Waals surface area (Å²) >= 11 is 0. The number of hydrogen-bond acceptors (Lipinski definition) is 5. The maximum Gasteiger partial charge on any atom is 0.274 e. The molecule has 0 spiro atoms. The first kappa shape index (κ1) is 16.4. The molecule has 26 heavy (non-hydrogen) atoms. The third-order valence-corrected chi connectivity index (χ3v) is 4.89. The van der Waals surface area contributed by atoms with Crippen molar-refractivity contribution < 1.29 is 4.79 Å². The van der Waals surface area contributed by atoms with E-state index in [2.05, 4.69) is 15.1 Å². The van der Waals surface area contributed by atoms with Crippen molar-refractivity contribution in [1.29, 1.82) is 0 Å². The summed E-state index contributed by atoms with van der Waals surface area (Å²) in [5, 5.41) is 5.37. The summed E-state index contributed by atoms with van der Waals surface area (Å²) in [5.41, 5.74) is 1.08. The number of carbonyl (C=O) groups is 1. The van der Waals surface area contributed by atoms with E-state index < -0.39 is 0 Å². The topological polar surface area (TPSA) is 81.0 Å². The van der Waals surface area contributed by atoms with Crippen LogP contribution in [0.3, 0.4) is 0 Å². The molecule has 1 aliphatic rings. The summed E-state index contributed by atoms with van der Waals surface area (Å²) in [4.78, 5) is 35.6. The fourth-order valence-corrected chi connectivity index (χ4v) is 3.55. The molecule has 0 radical (unpaired) electrons.